The summed E-state index contributed by atoms with van der Waals surface area (Å²) in [6, 6.07) is 0. The van der Waals surface area contributed by atoms with E-state index in [9.17, 15) is 0 Å². The maximum Gasteiger partial charge on any atom is 0.188 e. The van der Waals surface area contributed by atoms with Crippen LogP contribution in [0.2, 0.25) is 0 Å². The molecule has 4 N–H and O–H groups in total. The van der Waals surface area contributed by atoms with Crippen molar-refractivity contribution >= 4 is 42.5 Å². The van der Waals surface area contributed by atoms with Crippen LogP contribution in [0, 0.1) is 0 Å². The second-order valence-electron chi connectivity index (χ2n) is 3.25. The molecule has 18 heavy (non-hydrogen) atoms. The van der Waals surface area contributed by atoms with Gasteiger partial charge < -0.3 is 16.0 Å². The fourth-order valence-electron chi connectivity index (χ4n) is 1.26. The predicted octanol–water partition coefficient (Wildman–Crippen LogP) is 1.58. The summed E-state index contributed by atoms with van der Waals surface area (Å²) in [5.74, 6) is 2.42. The van der Waals surface area contributed by atoms with Gasteiger partial charge >= 0.3 is 0 Å². The maximum atomic E-state index is 5.51. The molecule has 1 aromatic heterocycles. The molecule has 0 aromatic carbocycles. The van der Waals surface area contributed by atoms with E-state index in [4.69, 9.17) is 5.73 Å². The Bertz CT molecular complexity index is 343. The fraction of sp³-hybridized carbons (Fsp3) is 0.600. The lowest BCUT2D eigenvalue weighted by molar-refractivity contribution is 1.03. The quantitative estimate of drug-likeness (QED) is 0.423. The molecule has 0 saturated heterocycles. The van der Waals surface area contributed by atoms with Gasteiger partial charge in [-0.2, -0.15) is 11.8 Å². The summed E-state index contributed by atoms with van der Waals surface area (Å²) >= 11 is 1.83. The number of aliphatic imine (C=N–C) groups is 1. The normalized spacial score (nSPS) is 10.4. The van der Waals surface area contributed by atoms with Gasteiger partial charge in [0.15, 0.2) is 5.96 Å². The number of aromatic nitrogens is 2. The van der Waals surface area contributed by atoms with E-state index < -0.39 is 0 Å². The van der Waals surface area contributed by atoms with E-state index in [-0.39, 0.29) is 24.8 Å². The molecule has 0 spiro atoms. The number of H-pyrrole nitrogens is 1. The molecule has 5 nitrogen and oxygen atoms in total. The Morgan fingerprint density at radius 2 is 2.28 bits per heavy atom. The van der Waals surface area contributed by atoms with Crippen molar-refractivity contribution in [3.63, 3.8) is 0 Å². The van der Waals surface area contributed by atoms with Crippen LogP contribution in [0.3, 0.4) is 0 Å². The SMILES string of the molecule is CCc1nc[nH]c1CSCCN=C(N)NC.Cl.Cl. The second kappa shape index (κ2) is 11.5. The lowest BCUT2D eigenvalue weighted by atomic mass is 10.3. The van der Waals surface area contributed by atoms with E-state index >= 15 is 0 Å². The number of thioether (sulfide) groups is 1. The number of aryl methyl sites for hydroxylation is 1. The smallest absolute Gasteiger partial charge is 0.188 e. The van der Waals surface area contributed by atoms with Crippen LogP contribution < -0.4 is 11.1 Å². The molecule has 0 saturated carbocycles. The minimum absolute atomic E-state index is 0. The van der Waals surface area contributed by atoms with E-state index in [1.807, 2.05) is 11.8 Å². The summed E-state index contributed by atoms with van der Waals surface area (Å²) in [6.45, 7) is 2.86. The first-order valence-electron chi connectivity index (χ1n) is 5.34. The number of guanidine groups is 1. The minimum Gasteiger partial charge on any atom is -0.370 e. The van der Waals surface area contributed by atoms with Gasteiger partial charge in [-0.1, -0.05) is 6.92 Å². The molecule has 106 valence electrons. The van der Waals surface area contributed by atoms with Crippen LogP contribution in [0.25, 0.3) is 0 Å². The molecule has 0 radical (unpaired) electrons. The minimum atomic E-state index is 0. The molecule has 0 aliphatic heterocycles. The number of nitrogens with two attached hydrogens (primary N) is 1. The van der Waals surface area contributed by atoms with Gasteiger partial charge in [0.25, 0.3) is 0 Å². The van der Waals surface area contributed by atoms with Gasteiger partial charge in [0.1, 0.15) is 0 Å². The average molecular weight is 314 g/mol. The van der Waals surface area contributed by atoms with Crippen LogP contribution in [-0.4, -0.2) is 35.3 Å². The van der Waals surface area contributed by atoms with Crippen molar-refractivity contribution in [1.82, 2.24) is 15.3 Å². The zero-order valence-corrected chi connectivity index (χ0v) is 13.1. The highest BCUT2D eigenvalue weighted by Gasteiger charge is 2.02. The van der Waals surface area contributed by atoms with Crippen LogP contribution in [0.4, 0.5) is 0 Å². The lowest BCUT2D eigenvalue weighted by Crippen LogP contribution is -2.28. The Morgan fingerprint density at radius 1 is 1.56 bits per heavy atom. The molecule has 0 amide bonds. The van der Waals surface area contributed by atoms with Crippen molar-refractivity contribution in [3.05, 3.63) is 17.7 Å². The first kappa shape index (κ1) is 19.7. The van der Waals surface area contributed by atoms with Crippen molar-refractivity contribution in [2.45, 2.75) is 19.1 Å². The number of rotatable bonds is 6. The third kappa shape index (κ3) is 6.98. The molecule has 1 aromatic rings. The van der Waals surface area contributed by atoms with Crippen LogP contribution in [0.1, 0.15) is 18.3 Å². The van der Waals surface area contributed by atoms with Crippen LogP contribution in [0.5, 0.6) is 0 Å². The molecular formula is C10H21Cl2N5S. The number of nitrogens with one attached hydrogen (secondary N) is 2. The van der Waals surface area contributed by atoms with E-state index in [2.05, 4.69) is 27.2 Å². The molecule has 0 unspecified atom stereocenters. The van der Waals surface area contributed by atoms with Crippen molar-refractivity contribution in [3.8, 4) is 0 Å². The molecule has 0 aliphatic rings. The standard InChI is InChI=1S/C10H19N5S.2ClH/c1-3-8-9(15-7-14-8)6-16-5-4-13-10(11)12-2;;/h7H,3-6H2,1-2H3,(H,14,15)(H3,11,12,13);2*1H. The number of nitrogens with zero attached hydrogens (tertiary/aromatic N) is 2. The third-order valence-electron chi connectivity index (χ3n) is 2.16. The second-order valence-corrected chi connectivity index (χ2v) is 4.36. The summed E-state index contributed by atoms with van der Waals surface area (Å²) in [5.41, 5.74) is 7.89. The van der Waals surface area contributed by atoms with Gasteiger partial charge in [-0.05, 0) is 6.42 Å². The van der Waals surface area contributed by atoms with Crippen molar-refractivity contribution < 1.29 is 0 Å². The van der Waals surface area contributed by atoms with Gasteiger partial charge in [-0.25, -0.2) is 4.98 Å². The van der Waals surface area contributed by atoms with Crippen molar-refractivity contribution in [1.29, 1.82) is 0 Å². The summed E-state index contributed by atoms with van der Waals surface area (Å²) in [6.07, 6.45) is 2.73. The predicted molar refractivity (Wildman–Crippen MR) is 84.2 cm³/mol. The van der Waals surface area contributed by atoms with Gasteiger partial charge in [-0.15, -0.1) is 24.8 Å². The van der Waals surface area contributed by atoms with E-state index in [1.165, 1.54) is 5.69 Å². The van der Waals surface area contributed by atoms with E-state index in [0.717, 1.165) is 30.2 Å². The topological polar surface area (TPSA) is 79.1 Å². The highest BCUT2D eigenvalue weighted by molar-refractivity contribution is 7.98. The first-order chi connectivity index (χ1) is 7.77. The molecule has 0 aliphatic carbocycles. The number of halogens is 2. The molecule has 0 fully saturated rings. The number of hydrogen-bond acceptors (Lipinski definition) is 3. The van der Waals surface area contributed by atoms with E-state index in [0.29, 0.717) is 5.96 Å². The van der Waals surface area contributed by atoms with Gasteiger partial charge in [0.05, 0.1) is 18.6 Å². The molecule has 1 rings (SSSR count). The van der Waals surface area contributed by atoms with Crippen LogP contribution in [-0.2, 0) is 12.2 Å². The number of hydrogen-bond donors (Lipinski definition) is 3. The molecule has 8 heteroatoms. The van der Waals surface area contributed by atoms with Gasteiger partial charge in [0, 0.05) is 24.2 Å². The number of imidazole rings is 1. The monoisotopic (exact) mass is 313 g/mol. The summed E-state index contributed by atoms with van der Waals surface area (Å²) in [4.78, 5) is 11.6. The lowest BCUT2D eigenvalue weighted by Gasteiger charge is -2.01. The largest absolute Gasteiger partial charge is 0.370 e. The molecule has 0 bridgehead atoms. The molecule has 1 heterocycles. The Labute approximate surface area is 125 Å². The van der Waals surface area contributed by atoms with Crippen LogP contribution >= 0.6 is 36.6 Å². The summed E-state index contributed by atoms with van der Waals surface area (Å²) < 4.78 is 0. The zero-order valence-electron chi connectivity index (χ0n) is 10.6. The summed E-state index contributed by atoms with van der Waals surface area (Å²) in [5, 5.41) is 2.79. The van der Waals surface area contributed by atoms with Gasteiger partial charge in [0.2, 0.25) is 0 Å². The Hall–Kier alpha value is -0.590. The zero-order chi connectivity index (χ0) is 11.8. The first-order valence-corrected chi connectivity index (χ1v) is 6.50. The Morgan fingerprint density at radius 3 is 2.89 bits per heavy atom. The Balaban J connectivity index is 0. The van der Waals surface area contributed by atoms with E-state index in [1.54, 1.807) is 13.4 Å². The highest BCUT2D eigenvalue weighted by atomic mass is 35.5. The van der Waals surface area contributed by atoms with Crippen molar-refractivity contribution in [2.24, 2.45) is 10.7 Å². The fourth-order valence-corrected chi connectivity index (χ4v) is 2.08. The number of aromatic amines is 1. The van der Waals surface area contributed by atoms with Crippen molar-refractivity contribution in [2.75, 3.05) is 19.3 Å². The summed E-state index contributed by atoms with van der Waals surface area (Å²) in [7, 11) is 1.77. The maximum absolute atomic E-state index is 5.51. The molecular weight excluding hydrogens is 293 g/mol. The average Bonchev–Trinajstić information content (AvgIpc) is 2.75. The van der Waals surface area contributed by atoms with Crippen LogP contribution in [0.15, 0.2) is 11.3 Å². The van der Waals surface area contributed by atoms with Gasteiger partial charge in [-0.3, -0.25) is 4.99 Å². The third-order valence-corrected chi connectivity index (χ3v) is 3.13. The molecule has 0 atom stereocenters. The highest BCUT2D eigenvalue weighted by Crippen LogP contribution is 2.13. The Kier molecular flexibility index (Phi) is 12.6.